The van der Waals surface area contributed by atoms with Crippen molar-refractivity contribution < 1.29 is 24.2 Å². The molecule has 2 aliphatic carbocycles. The number of fused-ring (bicyclic) bond motifs is 3. The molecule has 0 radical (unpaired) electrons. The Labute approximate surface area is 254 Å². The van der Waals surface area contributed by atoms with E-state index in [1.165, 1.54) is 57.6 Å². The van der Waals surface area contributed by atoms with E-state index in [9.17, 15) is 0 Å². The molecule has 1 atom stereocenters. The van der Waals surface area contributed by atoms with E-state index in [2.05, 4.69) is 106 Å². The summed E-state index contributed by atoms with van der Waals surface area (Å²) >= 11 is 1.30. The van der Waals surface area contributed by atoms with Crippen molar-refractivity contribution in [3.05, 3.63) is 126 Å². The van der Waals surface area contributed by atoms with Gasteiger partial charge in [0.2, 0.25) is 0 Å². The molecule has 0 saturated carbocycles. The van der Waals surface area contributed by atoms with Crippen LogP contribution in [0.25, 0.3) is 11.1 Å². The predicted octanol–water partition coefficient (Wildman–Crippen LogP) is 9.94. The molecule has 1 unspecified atom stereocenters. The van der Waals surface area contributed by atoms with Crippen molar-refractivity contribution in [2.45, 2.75) is 54.4 Å². The first-order chi connectivity index (χ1) is 16.9. The quantitative estimate of drug-likeness (QED) is 0.188. The van der Waals surface area contributed by atoms with Crippen LogP contribution in [0.1, 0.15) is 59.1 Å². The first-order valence-corrected chi connectivity index (χ1v) is 14.0. The molecule has 0 aliphatic heterocycles. The van der Waals surface area contributed by atoms with Crippen LogP contribution in [0.2, 0.25) is 0 Å². The maximum absolute atomic E-state index is 3.48. The van der Waals surface area contributed by atoms with Gasteiger partial charge in [-0.05, 0) is 6.42 Å². The van der Waals surface area contributed by atoms with Crippen molar-refractivity contribution in [1.82, 2.24) is 0 Å². The standard InChI is InChI=1S/C13H9.C12H19.C6H5.C2H5.CH2.2ClH.Zr/c1-3-7-12-10(5-1)9-11-6-2-4-8-13(11)12;1-6-10-7-9(2)8-11(10)12(3,4)5;1-2-4-6-5-3-1;1-2;;;;/h1-5,7-8H,9H2;8-9H,6H2,1-5H3;1-5H;1H2,2H3;1H2;2*1H;/q4*-1;;;;. The molecule has 0 spiro atoms. The Morgan fingerprint density at radius 3 is 1.97 bits per heavy atom. The van der Waals surface area contributed by atoms with Gasteiger partial charge in [-0.15, -0.1) is 30.4 Å². The number of halogens is 2. The van der Waals surface area contributed by atoms with Gasteiger partial charge in [-0.3, -0.25) is 6.08 Å². The summed E-state index contributed by atoms with van der Waals surface area (Å²) in [5.41, 5.74) is 8.73. The fourth-order valence-corrected chi connectivity index (χ4v) is 4.08. The number of benzene rings is 3. The van der Waals surface area contributed by atoms with Crippen molar-refractivity contribution in [3.8, 4) is 11.1 Å². The molecule has 37 heavy (non-hydrogen) atoms. The third kappa shape index (κ3) is 12.3. The van der Waals surface area contributed by atoms with Crippen LogP contribution in [0.4, 0.5) is 0 Å². The van der Waals surface area contributed by atoms with E-state index in [0.717, 1.165) is 12.8 Å². The molecular weight excluding hydrogens is 571 g/mol. The van der Waals surface area contributed by atoms with Gasteiger partial charge >= 0.3 is 28.4 Å². The zero-order chi connectivity index (χ0) is 26.3. The smallest absolute Gasteiger partial charge is 0.0253 e. The van der Waals surface area contributed by atoms with Crippen molar-refractivity contribution in [3.63, 3.8) is 0 Å². The maximum Gasteiger partial charge on any atom is -0.0253 e. The summed E-state index contributed by atoms with van der Waals surface area (Å²) in [6.07, 6.45) is 8.00. The fraction of sp³-hybridized carbons (Fsp3) is 0.294. The average molecular weight is 613 g/mol. The van der Waals surface area contributed by atoms with Gasteiger partial charge in [0.1, 0.15) is 0 Å². The van der Waals surface area contributed by atoms with E-state index in [1.54, 1.807) is 6.92 Å². The van der Waals surface area contributed by atoms with Crippen LogP contribution in [0.15, 0.2) is 90.0 Å². The average Bonchev–Trinajstić information content (AvgIpc) is 3.48. The summed E-state index contributed by atoms with van der Waals surface area (Å²) in [7, 11) is 0. The minimum Gasteiger partial charge on any atom is -0.184 e. The monoisotopic (exact) mass is 610 g/mol. The molecule has 0 aromatic heterocycles. The van der Waals surface area contributed by atoms with Crippen LogP contribution in [-0.2, 0) is 30.7 Å². The van der Waals surface area contributed by atoms with E-state index in [1.807, 2.05) is 36.4 Å². The van der Waals surface area contributed by atoms with Crippen LogP contribution in [-0.4, -0.2) is 4.21 Å². The fourth-order valence-electron chi connectivity index (χ4n) is 4.08. The van der Waals surface area contributed by atoms with Gasteiger partial charge in [-0.25, -0.2) is 5.57 Å². The maximum atomic E-state index is 3.48. The zero-order valence-electron chi connectivity index (χ0n) is 23.2. The van der Waals surface area contributed by atoms with E-state index in [4.69, 9.17) is 0 Å². The Hall–Kier alpha value is -1.53. The van der Waals surface area contributed by atoms with Crippen molar-refractivity contribution in [2.75, 3.05) is 0 Å². The molecule has 5 rings (SSSR count). The molecule has 0 nitrogen and oxygen atoms in total. The third-order valence-electron chi connectivity index (χ3n) is 5.53. The Balaban J connectivity index is 0. The molecule has 0 bridgehead atoms. The van der Waals surface area contributed by atoms with Gasteiger partial charge in [0.05, 0.1) is 0 Å². The molecule has 3 aromatic rings. The number of allylic oxidation sites excluding steroid dienone is 4. The van der Waals surface area contributed by atoms with Crippen molar-refractivity contribution >= 4 is 29.0 Å². The van der Waals surface area contributed by atoms with Gasteiger partial charge in [0, 0.05) is 0 Å². The molecule has 200 valence electrons. The molecular formula is C34H42Cl2Zr-4. The molecule has 3 heteroatoms. The Bertz CT molecular complexity index is 992. The zero-order valence-corrected chi connectivity index (χ0v) is 27.3. The SMILES string of the molecule is CCC1=[C-]C(C)C=C1C(C)(C)C.Cl.Cl.[CH2-]C.[CH2]=[Zr].[c-]1cccc2c1Cc1ccccc1-2.[c-]1ccccc1. The molecule has 0 N–H and O–H groups in total. The Kier molecular flexibility index (Phi) is 20.8. The van der Waals surface area contributed by atoms with E-state index in [-0.39, 0.29) is 24.8 Å². The molecule has 3 aromatic carbocycles. The molecule has 0 fully saturated rings. The van der Waals surface area contributed by atoms with Crippen LogP contribution < -0.4 is 0 Å². The van der Waals surface area contributed by atoms with E-state index in [0.29, 0.717) is 11.3 Å². The van der Waals surface area contributed by atoms with Crippen molar-refractivity contribution in [2.24, 2.45) is 11.3 Å². The second kappa shape index (κ2) is 20.4. The van der Waals surface area contributed by atoms with Crippen LogP contribution in [0, 0.1) is 36.5 Å². The molecule has 0 heterocycles. The minimum absolute atomic E-state index is 0. The van der Waals surface area contributed by atoms with Gasteiger partial charge in [-0.2, -0.15) is 84.8 Å². The second-order valence-corrected chi connectivity index (χ2v) is 9.07. The van der Waals surface area contributed by atoms with Crippen LogP contribution in [0.3, 0.4) is 0 Å². The normalized spacial score (nSPS) is 13.6. The van der Waals surface area contributed by atoms with Gasteiger partial charge in [-0.1, -0.05) is 87.8 Å². The molecule has 0 saturated heterocycles. The summed E-state index contributed by atoms with van der Waals surface area (Å²) in [6, 6.07) is 30.6. The Morgan fingerprint density at radius 2 is 1.49 bits per heavy atom. The van der Waals surface area contributed by atoms with E-state index < -0.39 is 0 Å². The van der Waals surface area contributed by atoms with Gasteiger partial charge < -0.3 is 6.92 Å². The summed E-state index contributed by atoms with van der Waals surface area (Å²) in [4.78, 5) is 0. The van der Waals surface area contributed by atoms with Gasteiger partial charge in [0.15, 0.2) is 0 Å². The summed E-state index contributed by atoms with van der Waals surface area (Å²) in [6.45, 7) is 16.2. The molecule has 0 amide bonds. The third-order valence-corrected chi connectivity index (χ3v) is 5.53. The predicted molar refractivity (Wildman–Crippen MR) is 165 cm³/mol. The largest absolute Gasteiger partial charge is 0.184 e. The summed E-state index contributed by atoms with van der Waals surface area (Å²) < 4.78 is 3.34. The summed E-state index contributed by atoms with van der Waals surface area (Å²) in [5.74, 6) is 0.522. The minimum atomic E-state index is 0. The van der Waals surface area contributed by atoms with Gasteiger partial charge in [0.25, 0.3) is 0 Å². The second-order valence-electron chi connectivity index (χ2n) is 9.07. The van der Waals surface area contributed by atoms with E-state index >= 15 is 0 Å². The van der Waals surface area contributed by atoms with Crippen LogP contribution in [0.5, 0.6) is 0 Å². The number of rotatable bonds is 1. The van der Waals surface area contributed by atoms with Crippen LogP contribution >= 0.6 is 24.8 Å². The first kappa shape index (κ1) is 37.6. The summed E-state index contributed by atoms with van der Waals surface area (Å²) in [5, 5.41) is 0. The topological polar surface area (TPSA) is 0 Å². The molecule has 2 aliphatic rings. The Morgan fingerprint density at radius 1 is 0.892 bits per heavy atom. The number of hydrogen-bond acceptors (Lipinski definition) is 0. The number of hydrogen-bond donors (Lipinski definition) is 0. The van der Waals surface area contributed by atoms with Crippen molar-refractivity contribution in [1.29, 1.82) is 0 Å². The first-order valence-electron chi connectivity index (χ1n) is 12.3.